The minimum atomic E-state index is -0.379. The van der Waals surface area contributed by atoms with E-state index in [0.29, 0.717) is 83.8 Å². The molecule has 58 heavy (non-hydrogen) atoms. The molecule has 302 valence electrons. The van der Waals surface area contributed by atoms with Crippen molar-refractivity contribution in [2.75, 3.05) is 39.6 Å². The van der Waals surface area contributed by atoms with E-state index >= 15 is 0 Å². The van der Waals surface area contributed by atoms with Crippen molar-refractivity contribution >= 4 is 75.0 Å². The van der Waals surface area contributed by atoms with E-state index in [-0.39, 0.29) is 35.0 Å². The molecule has 4 aromatic carbocycles. The molecular formula is C46H46O10S2. The largest absolute Gasteiger partial charge is 0.491 e. The van der Waals surface area contributed by atoms with Gasteiger partial charge in [-0.2, -0.15) is 0 Å². The number of benzene rings is 4. The first kappa shape index (κ1) is 39.9. The molecule has 0 amide bonds. The van der Waals surface area contributed by atoms with Crippen LogP contribution in [0.15, 0.2) is 82.4 Å². The molecule has 6 aromatic rings. The van der Waals surface area contributed by atoms with Gasteiger partial charge >= 0.3 is 11.9 Å². The Morgan fingerprint density at radius 2 is 0.828 bits per heavy atom. The Morgan fingerprint density at radius 1 is 0.466 bits per heavy atom. The lowest BCUT2D eigenvalue weighted by Crippen LogP contribution is -2.21. The summed E-state index contributed by atoms with van der Waals surface area (Å²) in [6, 6.07) is 21.3. The van der Waals surface area contributed by atoms with Gasteiger partial charge in [0.05, 0.1) is 37.6 Å². The highest BCUT2D eigenvalue weighted by Gasteiger charge is 2.21. The summed E-state index contributed by atoms with van der Waals surface area (Å²) >= 11 is 3.00. The molecule has 8 rings (SSSR count). The highest BCUT2D eigenvalue weighted by molar-refractivity contribution is 7.25. The zero-order valence-electron chi connectivity index (χ0n) is 32.3. The van der Waals surface area contributed by atoms with E-state index in [0.717, 1.165) is 70.2 Å². The van der Waals surface area contributed by atoms with Gasteiger partial charge in [-0.15, -0.1) is 22.7 Å². The minimum Gasteiger partial charge on any atom is -0.491 e. The Balaban J connectivity index is 0.770. The fourth-order valence-corrected chi connectivity index (χ4v) is 9.73. The molecule has 2 aromatic heterocycles. The second-order valence-electron chi connectivity index (χ2n) is 14.9. The zero-order valence-corrected chi connectivity index (χ0v) is 33.9. The van der Waals surface area contributed by atoms with Crippen LogP contribution in [0.3, 0.4) is 0 Å². The maximum absolute atomic E-state index is 13.5. The number of rotatable bonds is 15. The van der Waals surface area contributed by atoms with Gasteiger partial charge in [0.25, 0.3) is 0 Å². The molecule has 0 atom stereocenters. The molecule has 0 spiro atoms. The van der Waals surface area contributed by atoms with Crippen molar-refractivity contribution in [3.05, 3.63) is 104 Å². The fraction of sp³-hybridized carbons (Fsp3) is 0.391. The van der Waals surface area contributed by atoms with Crippen molar-refractivity contribution in [1.29, 1.82) is 0 Å². The first-order valence-electron chi connectivity index (χ1n) is 20.2. The van der Waals surface area contributed by atoms with E-state index in [9.17, 15) is 19.2 Å². The predicted molar refractivity (Wildman–Crippen MR) is 228 cm³/mol. The van der Waals surface area contributed by atoms with Crippen LogP contribution in [-0.4, -0.2) is 63.8 Å². The molecule has 2 aliphatic rings. The monoisotopic (exact) mass is 822 g/mol. The topological polar surface area (TPSA) is 124 Å². The smallest absolute Gasteiger partial charge is 0.338 e. The van der Waals surface area contributed by atoms with E-state index in [1.54, 1.807) is 36.4 Å². The predicted octanol–water partition coefficient (Wildman–Crippen LogP) is 9.61. The third-order valence-corrected chi connectivity index (χ3v) is 13.1. The van der Waals surface area contributed by atoms with Gasteiger partial charge in [-0.25, -0.2) is 9.59 Å². The minimum absolute atomic E-state index is 0.0529. The molecule has 2 saturated carbocycles. The summed E-state index contributed by atoms with van der Waals surface area (Å²) in [5.41, 5.74) is 0.497. The Kier molecular flexibility index (Phi) is 12.9. The van der Waals surface area contributed by atoms with Gasteiger partial charge in [0, 0.05) is 40.3 Å². The lowest BCUT2D eigenvalue weighted by molar-refractivity contribution is 0.0202. The van der Waals surface area contributed by atoms with E-state index in [2.05, 4.69) is 0 Å². The van der Waals surface area contributed by atoms with Crippen LogP contribution in [0.4, 0.5) is 0 Å². The molecule has 2 fully saturated rings. The second-order valence-corrected chi connectivity index (χ2v) is 17.0. The summed E-state index contributed by atoms with van der Waals surface area (Å²) in [6.45, 7) is 1.99. The summed E-state index contributed by atoms with van der Waals surface area (Å²) < 4.78 is 37.9. The Bertz CT molecular complexity index is 2370. The molecule has 0 saturated heterocycles. The van der Waals surface area contributed by atoms with Gasteiger partial charge in [0.1, 0.15) is 36.9 Å². The van der Waals surface area contributed by atoms with E-state index in [4.69, 9.17) is 28.4 Å². The number of ether oxygens (including phenoxy) is 6. The van der Waals surface area contributed by atoms with Crippen molar-refractivity contribution in [2.24, 2.45) is 0 Å². The van der Waals surface area contributed by atoms with Crippen molar-refractivity contribution in [2.45, 2.75) is 76.4 Å². The number of carbonyl (C=O) groups excluding carboxylic acids is 2. The lowest BCUT2D eigenvalue weighted by Gasteiger charge is -2.21. The van der Waals surface area contributed by atoms with E-state index < -0.39 is 0 Å². The highest BCUT2D eigenvalue weighted by Crippen LogP contribution is 2.31. The van der Waals surface area contributed by atoms with Gasteiger partial charge in [-0.05, 0) is 124 Å². The average Bonchev–Trinajstić information content (AvgIpc) is 3.25. The van der Waals surface area contributed by atoms with Crippen LogP contribution >= 0.6 is 22.7 Å². The van der Waals surface area contributed by atoms with Crippen LogP contribution in [0.1, 0.15) is 84.9 Å². The van der Waals surface area contributed by atoms with Gasteiger partial charge in [0.2, 0.25) is 0 Å². The zero-order chi connectivity index (χ0) is 39.8. The van der Waals surface area contributed by atoms with Crippen molar-refractivity contribution in [3.63, 3.8) is 0 Å². The Labute approximate surface area is 343 Å². The second kappa shape index (κ2) is 18.8. The van der Waals surface area contributed by atoms with E-state index in [1.165, 1.54) is 35.5 Å². The van der Waals surface area contributed by atoms with Gasteiger partial charge in [-0.3, -0.25) is 9.59 Å². The number of fused-ring (bicyclic) bond motifs is 4. The molecule has 2 heterocycles. The van der Waals surface area contributed by atoms with Gasteiger partial charge in [-0.1, -0.05) is 12.8 Å². The molecule has 0 unspecified atom stereocenters. The number of hydrogen-bond acceptors (Lipinski definition) is 12. The normalized spacial score (nSPS) is 15.2. The lowest BCUT2D eigenvalue weighted by atomic mass is 9.98. The number of hydrogen-bond donors (Lipinski definition) is 0. The van der Waals surface area contributed by atoms with Gasteiger partial charge < -0.3 is 28.4 Å². The van der Waals surface area contributed by atoms with Gasteiger partial charge in [0.15, 0.2) is 10.9 Å². The molecule has 2 aliphatic carbocycles. The Hall–Kier alpha value is -4.88. The van der Waals surface area contributed by atoms with Crippen molar-refractivity contribution in [1.82, 2.24) is 0 Å². The SMILES string of the molecule is O=C(OC1CCCCC1)c1ccc2sc3ccc(OCCOCCOCCOc4ccc5sc6ccc(C(=O)OC7CCCCC7)cc6c(=O)c5c4)cc3c(=O)c2c1. The molecule has 0 radical (unpaired) electrons. The molecule has 12 heteroatoms. The number of esters is 2. The van der Waals surface area contributed by atoms with Crippen LogP contribution < -0.4 is 20.3 Å². The van der Waals surface area contributed by atoms with Crippen LogP contribution in [0, 0.1) is 0 Å². The van der Waals surface area contributed by atoms with Crippen LogP contribution in [0.2, 0.25) is 0 Å². The first-order chi connectivity index (χ1) is 28.4. The quantitative estimate of drug-likeness (QED) is 0.0562. The summed E-state index contributed by atoms with van der Waals surface area (Å²) in [6.07, 6.45) is 10.1. The molecular weight excluding hydrogens is 777 g/mol. The van der Waals surface area contributed by atoms with Crippen LogP contribution in [-0.2, 0) is 18.9 Å². The summed E-state index contributed by atoms with van der Waals surface area (Å²) in [4.78, 5) is 52.7. The Morgan fingerprint density at radius 3 is 1.24 bits per heavy atom. The van der Waals surface area contributed by atoms with E-state index in [1.807, 2.05) is 36.4 Å². The van der Waals surface area contributed by atoms with Crippen molar-refractivity contribution < 1.29 is 38.0 Å². The molecule has 10 nitrogen and oxygen atoms in total. The number of carbonyl (C=O) groups is 2. The molecule has 0 aliphatic heterocycles. The molecule has 0 N–H and O–H groups in total. The molecule has 0 bridgehead atoms. The summed E-state index contributed by atoms with van der Waals surface area (Å²) in [7, 11) is 0. The van der Waals surface area contributed by atoms with Crippen molar-refractivity contribution in [3.8, 4) is 11.5 Å². The van der Waals surface area contributed by atoms with Crippen LogP contribution in [0.25, 0.3) is 40.3 Å². The maximum atomic E-state index is 13.5. The summed E-state index contributed by atoms with van der Waals surface area (Å²) in [5, 5.41) is 2.07. The fourth-order valence-electron chi connectivity index (χ4n) is 7.67. The highest BCUT2D eigenvalue weighted by atomic mass is 32.1. The maximum Gasteiger partial charge on any atom is 0.338 e. The first-order valence-corrected chi connectivity index (χ1v) is 21.9. The third kappa shape index (κ3) is 9.52. The standard InChI is InChI=1S/C46H46O10S2/c47-43-35-25-29(45(49)55-31-7-3-1-4-8-31)11-15-39(35)57-41-17-13-33(27-37(41)43)53-23-21-51-19-20-52-22-24-54-34-14-18-42-38(28-34)44(48)36-26-30(12-16-40(36)58-42)46(50)56-32-9-5-2-6-10-32/h11-18,25-28,31-32H,1-10,19-24H2. The third-order valence-electron chi connectivity index (χ3n) is 10.8. The average molecular weight is 823 g/mol. The summed E-state index contributed by atoms with van der Waals surface area (Å²) in [5.74, 6) is 0.366. The van der Waals surface area contributed by atoms with Crippen LogP contribution in [0.5, 0.6) is 11.5 Å².